The zero-order valence-electron chi connectivity index (χ0n) is 12.7. The first-order chi connectivity index (χ1) is 11.8. The first kappa shape index (κ1) is 19.3. The summed E-state index contributed by atoms with van der Waals surface area (Å²) in [4.78, 5) is 10.1. The standard InChI is InChI=1S/C15H13Cl2NO6S/c16-14-10-11(18(19)20)2-7-15(14)24-9-1-8-23-12-3-5-13(6-4-12)25(17,21)22/h2-7,10H,1,8-9H2. The molecule has 0 atom stereocenters. The molecular formula is C15H13Cl2NO6S. The smallest absolute Gasteiger partial charge is 0.271 e. The number of hydrogen-bond acceptors (Lipinski definition) is 6. The molecule has 0 bridgehead atoms. The van der Waals surface area contributed by atoms with Crippen LogP contribution in [0.1, 0.15) is 6.42 Å². The molecule has 2 rings (SSSR count). The summed E-state index contributed by atoms with van der Waals surface area (Å²) >= 11 is 5.91. The predicted octanol–water partition coefficient (Wildman–Crippen LogP) is 4.02. The molecule has 0 unspecified atom stereocenters. The first-order valence-corrected chi connectivity index (χ1v) is 9.70. The van der Waals surface area contributed by atoms with Crippen LogP contribution in [-0.4, -0.2) is 26.6 Å². The highest BCUT2D eigenvalue weighted by Gasteiger charge is 2.11. The van der Waals surface area contributed by atoms with E-state index in [-0.39, 0.29) is 15.6 Å². The summed E-state index contributed by atoms with van der Waals surface area (Å²) in [5.41, 5.74) is -0.108. The van der Waals surface area contributed by atoms with Crippen molar-refractivity contribution >= 4 is 37.0 Å². The van der Waals surface area contributed by atoms with Gasteiger partial charge in [0, 0.05) is 29.2 Å². The maximum Gasteiger partial charge on any atom is 0.271 e. The molecule has 10 heteroatoms. The minimum Gasteiger partial charge on any atom is -0.493 e. The van der Waals surface area contributed by atoms with E-state index in [4.69, 9.17) is 31.8 Å². The van der Waals surface area contributed by atoms with Gasteiger partial charge in [0.1, 0.15) is 11.5 Å². The van der Waals surface area contributed by atoms with Crippen LogP contribution >= 0.6 is 22.3 Å². The lowest BCUT2D eigenvalue weighted by molar-refractivity contribution is -0.384. The van der Waals surface area contributed by atoms with Gasteiger partial charge in [-0.2, -0.15) is 0 Å². The second-order valence-electron chi connectivity index (χ2n) is 4.83. The second kappa shape index (κ2) is 8.37. The second-order valence-corrected chi connectivity index (χ2v) is 7.80. The number of non-ortho nitro benzene ring substituents is 1. The van der Waals surface area contributed by atoms with Crippen LogP contribution in [0.25, 0.3) is 0 Å². The summed E-state index contributed by atoms with van der Waals surface area (Å²) in [7, 11) is 1.47. The third-order valence-corrected chi connectivity index (χ3v) is 4.71. The molecule has 0 aliphatic heterocycles. The van der Waals surface area contributed by atoms with Crippen LogP contribution in [0.4, 0.5) is 5.69 Å². The van der Waals surface area contributed by atoms with E-state index in [0.29, 0.717) is 31.1 Å². The van der Waals surface area contributed by atoms with Crippen molar-refractivity contribution in [1.29, 1.82) is 0 Å². The zero-order chi connectivity index (χ0) is 18.4. The highest BCUT2D eigenvalue weighted by molar-refractivity contribution is 8.13. The highest BCUT2D eigenvalue weighted by Crippen LogP contribution is 2.28. The Kier molecular flexibility index (Phi) is 6.46. The Labute approximate surface area is 153 Å². The van der Waals surface area contributed by atoms with E-state index < -0.39 is 14.0 Å². The third kappa shape index (κ3) is 5.77. The van der Waals surface area contributed by atoms with E-state index in [2.05, 4.69) is 0 Å². The molecule has 0 saturated heterocycles. The van der Waals surface area contributed by atoms with E-state index in [1.54, 1.807) is 0 Å². The van der Waals surface area contributed by atoms with Crippen LogP contribution in [0, 0.1) is 10.1 Å². The Morgan fingerprint density at radius 2 is 1.68 bits per heavy atom. The molecule has 0 aliphatic rings. The largest absolute Gasteiger partial charge is 0.493 e. The number of halogens is 2. The molecule has 0 heterocycles. The average Bonchev–Trinajstić information content (AvgIpc) is 2.55. The van der Waals surface area contributed by atoms with Crippen LogP contribution in [-0.2, 0) is 9.05 Å². The molecular weight excluding hydrogens is 393 g/mol. The van der Waals surface area contributed by atoms with Crippen molar-refractivity contribution in [2.75, 3.05) is 13.2 Å². The molecule has 0 N–H and O–H groups in total. The lowest BCUT2D eigenvalue weighted by atomic mass is 10.3. The van der Waals surface area contributed by atoms with Crippen molar-refractivity contribution < 1.29 is 22.8 Å². The number of nitro benzene ring substituents is 1. The Bertz CT molecular complexity index is 855. The monoisotopic (exact) mass is 405 g/mol. The van der Waals surface area contributed by atoms with Crippen molar-refractivity contribution in [2.24, 2.45) is 0 Å². The van der Waals surface area contributed by atoms with Crippen LogP contribution in [0.2, 0.25) is 5.02 Å². The zero-order valence-corrected chi connectivity index (χ0v) is 15.1. The fourth-order valence-electron chi connectivity index (χ4n) is 1.85. The SMILES string of the molecule is O=[N+]([O-])c1ccc(OCCCOc2ccc(S(=O)(=O)Cl)cc2)c(Cl)c1. The maximum absolute atomic E-state index is 11.1. The van der Waals surface area contributed by atoms with Crippen LogP contribution in [0.3, 0.4) is 0 Å². The van der Waals surface area contributed by atoms with Gasteiger partial charge < -0.3 is 9.47 Å². The lowest BCUT2D eigenvalue weighted by Crippen LogP contribution is -2.05. The van der Waals surface area contributed by atoms with Gasteiger partial charge in [-0.3, -0.25) is 10.1 Å². The van der Waals surface area contributed by atoms with Gasteiger partial charge in [0.25, 0.3) is 14.7 Å². The van der Waals surface area contributed by atoms with Crippen LogP contribution in [0.15, 0.2) is 47.4 Å². The Balaban J connectivity index is 1.77. The summed E-state index contributed by atoms with van der Waals surface area (Å²) in [5.74, 6) is 0.848. The number of rotatable bonds is 8. The van der Waals surface area contributed by atoms with Crippen molar-refractivity contribution in [3.05, 3.63) is 57.6 Å². The summed E-state index contributed by atoms with van der Waals surface area (Å²) < 4.78 is 33.1. The third-order valence-electron chi connectivity index (χ3n) is 3.05. The molecule has 0 aliphatic carbocycles. The molecule has 0 amide bonds. The minimum atomic E-state index is -3.75. The van der Waals surface area contributed by atoms with Gasteiger partial charge >= 0.3 is 0 Å². The molecule has 0 aromatic heterocycles. The number of ether oxygens (including phenoxy) is 2. The van der Waals surface area contributed by atoms with Crippen LogP contribution in [0.5, 0.6) is 11.5 Å². The maximum atomic E-state index is 11.1. The van der Waals surface area contributed by atoms with Gasteiger partial charge in [-0.25, -0.2) is 8.42 Å². The van der Waals surface area contributed by atoms with Crippen molar-refractivity contribution in [2.45, 2.75) is 11.3 Å². The highest BCUT2D eigenvalue weighted by atomic mass is 35.7. The van der Waals surface area contributed by atoms with E-state index in [1.165, 1.54) is 42.5 Å². The minimum absolute atomic E-state index is 0.00216. The van der Waals surface area contributed by atoms with Gasteiger partial charge in [-0.05, 0) is 30.3 Å². The number of hydrogen-bond donors (Lipinski definition) is 0. The first-order valence-electron chi connectivity index (χ1n) is 7.01. The number of benzene rings is 2. The van der Waals surface area contributed by atoms with E-state index in [9.17, 15) is 18.5 Å². The van der Waals surface area contributed by atoms with Crippen molar-refractivity contribution in [3.8, 4) is 11.5 Å². The Morgan fingerprint density at radius 1 is 1.04 bits per heavy atom. The van der Waals surface area contributed by atoms with Gasteiger partial charge in [-0.15, -0.1) is 0 Å². The van der Waals surface area contributed by atoms with Crippen molar-refractivity contribution in [3.63, 3.8) is 0 Å². The van der Waals surface area contributed by atoms with Crippen molar-refractivity contribution in [1.82, 2.24) is 0 Å². The summed E-state index contributed by atoms with van der Waals surface area (Å²) in [6.45, 7) is 0.628. The van der Waals surface area contributed by atoms with Gasteiger partial charge in [0.2, 0.25) is 0 Å². The molecule has 0 spiro atoms. The Morgan fingerprint density at radius 3 is 2.24 bits per heavy atom. The lowest BCUT2D eigenvalue weighted by Gasteiger charge is -2.09. The predicted molar refractivity (Wildman–Crippen MR) is 93.2 cm³/mol. The van der Waals surface area contributed by atoms with E-state index in [0.717, 1.165) is 0 Å². The molecule has 134 valence electrons. The molecule has 2 aromatic rings. The average molecular weight is 406 g/mol. The molecule has 2 aromatic carbocycles. The van der Waals surface area contributed by atoms with E-state index in [1.807, 2.05) is 0 Å². The van der Waals surface area contributed by atoms with Gasteiger partial charge in [-0.1, -0.05) is 11.6 Å². The Hall–Kier alpha value is -2.03. The normalized spacial score (nSPS) is 11.1. The topological polar surface area (TPSA) is 95.7 Å². The summed E-state index contributed by atoms with van der Waals surface area (Å²) in [5, 5.41) is 10.8. The summed E-state index contributed by atoms with van der Waals surface area (Å²) in [6.07, 6.45) is 0.531. The van der Waals surface area contributed by atoms with Gasteiger partial charge in [0.15, 0.2) is 0 Å². The fraction of sp³-hybridized carbons (Fsp3) is 0.200. The molecule has 0 fully saturated rings. The fourth-order valence-corrected chi connectivity index (χ4v) is 2.85. The quantitative estimate of drug-likeness (QED) is 0.284. The molecule has 0 saturated carbocycles. The molecule has 0 radical (unpaired) electrons. The van der Waals surface area contributed by atoms with Gasteiger partial charge in [0.05, 0.1) is 28.1 Å². The molecule has 25 heavy (non-hydrogen) atoms. The molecule has 7 nitrogen and oxygen atoms in total. The number of nitrogens with zero attached hydrogens (tertiary/aromatic N) is 1. The van der Waals surface area contributed by atoms with Crippen LogP contribution < -0.4 is 9.47 Å². The summed E-state index contributed by atoms with van der Waals surface area (Å²) in [6, 6.07) is 9.68. The number of nitro groups is 1. The van der Waals surface area contributed by atoms with E-state index >= 15 is 0 Å².